The van der Waals surface area contributed by atoms with E-state index in [1.807, 2.05) is 0 Å². The standard InChI is InChI=1S/C10H19NO3/c12-6-7-14-10(13)11-8-9-4-2-1-3-5-9/h9,12H,1-8H2,(H,11,13). The van der Waals surface area contributed by atoms with Gasteiger partial charge in [-0.2, -0.15) is 0 Å². The van der Waals surface area contributed by atoms with Gasteiger partial charge in [-0.15, -0.1) is 0 Å². The molecule has 0 aromatic carbocycles. The van der Waals surface area contributed by atoms with E-state index in [1.54, 1.807) is 0 Å². The zero-order chi connectivity index (χ0) is 10.2. The Morgan fingerprint density at radius 2 is 2.07 bits per heavy atom. The van der Waals surface area contributed by atoms with E-state index in [-0.39, 0.29) is 13.2 Å². The second-order valence-corrected chi connectivity index (χ2v) is 3.74. The number of aliphatic hydroxyl groups is 1. The number of amides is 1. The lowest BCUT2D eigenvalue weighted by atomic mass is 9.89. The van der Waals surface area contributed by atoms with E-state index in [4.69, 9.17) is 5.11 Å². The maximum atomic E-state index is 11.0. The van der Waals surface area contributed by atoms with Crippen molar-refractivity contribution in [3.8, 4) is 0 Å². The second-order valence-electron chi connectivity index (χ2n) is 3.74. The average Bonchev–Trinajstić information content (AvgIpc) is 2.25. The number of rotatable bonds is 4. The fraction of sp³-hybridized carbons (Fsp3) is 0.900. The van der Waals surface area contributed by atoms with Crippen LogP contribution in [0.3, 0.4) is 0 Å². The molecule has 1 amide bonds. The van der Waals surface area contributed by atoms with Crippen LogP contribution >= 0.6 is 0 Å². The summed E-state index contributed by atoms with van der Waals surface area (Å²) in [6, 6.07) is 0. The van der Waals surface area contributed by atoms with E-state index in [9.17, 15) is 4.79 Å². The first-order valence-electron chi connectivity index (χ1n) is 5.34. The SMILES string of the molecule is O=C(NCC1CCCCC1)OCCO. The average molecular weight is 201 g/mol. The first-order chi connectivity index (χ1) is 6.83. The molecule has 0 saturated heterocycles. The number of carbonyl (C=O) groups excluding carboxylic acids is 1. The monoisotopic (exact) mass is 201 g/mol. The van der Waals surface area contributed by atoms with Crippen LogP contribution in [0.1, 0.15) is 32.1 Å². The molecule has 0 radical (unpaired) electrons. The minimum Gasteiger partial charge on any atom is -0.447 e. The highest BCUT2D eigenvalue weighted by Gasteiger charge is 2.14. The second kappa shape index (κ2) is 6.65. The zero-order valence-electron chi connectivity index (χ0n) is 8.50. The molecule has 1 rings (SSSR count). The van der Waals surface area contributed by atoms with Gasteiger partial charge in [-0.1, -0.05) is 19.3 Å². The van der Waals surface area contributed by atoms with Crippen LogP contribution in [0.5, 0.6) is 0 Å². The van der Waals surface area contributed by atoms with Gasteiger partial charge in [0.05, 0.1) is 6.61 Å². The van der Waals surface area contributed by atoms with Gasteiger partial charge >= 0.3 is 6.09 Å². The highest BCUT2D eigenvalue weighted by molar-refractivity contribution is 5.67. The molecule has 0 aliphatic heterocycles. The molecular weight excluding hydrogens is 182 g/mol. The van der Waals surface area contributed by atoms with Crippen LogP contribution in [-0.4, -0.2) is 31.0 Å². The predicted molar refractivity (Wildman–Crippen MR) is 53.0 cm³/mol. The first-order valence-corrected chi connectivity index (χ1v) is 5.34. The van der Waals surface area contributed by atoms with Crippen molar-refractivity contribution in [2.75, 3.05) is 19.8 Å². The number of nitrogens with one attached hydrogen (secondary N) is 1. The van der Waals surface area contributed by atoms with Gasteiger partial charge in [0.1, 0.15) is 6.61 Å². The van der Waals surface area contributed by atoms with Crippen LogP contribution in [-0.2, 0) is 4.74 Å². The van der Waals surface area contributed by atoms with Crippen LogP contribution in [0.4, 0.5) is 4.79 Å². The Morgan fingerprint density at radius 3 is 2.71 bits per heavy atom. The molecular formula is C10H19NO3. The molecule has 0 heterocycles. The minimum atomic E-state index is -0.412. The van der Waals surface area contributed by atoms with E-state index in [0.717, 1.165) is 0 Å². The van der Waals surface area contributed by atoms with Crippen LogP contribution in [0.25, 0.3) is 0 Å². The van der Waals surface area contributed by atoms with Gasteiger partial charge in [-0.3, -0.25) is 0 Å². The fourth-order valence-electron chi connectivity index (χ4n) is 1.81. The van der Waals surface area contributed by atoms with Crippen molar-refractivity contribution in [3.05, 3.63) is 0 Å². The van der Waals surface area contributed by atoms with E-state index >= 15 is 0 Å². The topological polar surface area (TPSA) is 58.6 Å². The van der Waals surface area contributed by atoms with Crippen LogP contribution < -0.4 is 5.32 Å². The summed E-state index contributed by atoms with van der Waals surface area (Å²) >= 11 is 0. The van der Waals surface area contributed by atoms with E-state index in [0.29, 0.717) is 12.5 Å². The molecule has 0 bridgehead atoms. The van der Waals surface area contributed by atoms with Gasteiger partial charge in [0.25, 0.3) is 0 Å². The van der Waals surface area contributed by atoms with Gasteiger partial charge < -0.3 is 15.2 Å². The molecule has 14 heavy (non-hydrogen) atoms. The molecule has 0 unspecified atom stereocenters. The Hall–Kier alpha value is -0.770. The molecule has 1 saturated carbocycles. The zero-order valence-corrected chi connectivity index (χ0v) is 8.50. The lowest BCUT2D eigenvalue weighted by Gasteiger charge is -2.21. The Bertz CT molecular complexity index is 167. The third-order valence-electron chi connectivity index (χ3n) is 2.58. The lowest BCUT2D eigenvalue weighted by molar-refractivity contribution is 0.117. The van der Waals surface area contributed by atoms with Gasteiger partial charge in [-0.05, 0) is 18.8 Å². The third kappa shape index (κ3) is 4.46. The molecule has 0 atom stereocenters. The molecule has 0 spiro atoms. The Labute approximate surface area is 84.6 Å². The molecule has 4 heteroatoms. The molecule has 0 aromatic heterocycles. The Kier molecular flexibility index (Phi) is 5.37. The Morgan fingerprint density at radius 1 is 1.36 bits per heavy atom. The van der Waals surface area contributed by atoms with Crippen molar-refractivity contribution in [2.24, 2.45) is 5.92 Å². The summed E-state index contributed by atoms with van der Waals surface area (Å²) in [5.41, 5.74) is 0. The highest BCUT2D eigenvalue weighted by Crippen LogP contribution is 2.22. The first kappa shape index (κ1) is 11.3. The molecule has 1 aliphatic carbocycles. The number of ether oxygens (including phenoxy) is 1. The van der Waals surface area contributed by atoms with Gasteiger partial charge in [-0.25, -0.2) is 4.79 Å². The van der Waals surface area contributed by atoms with Crippen molar-refractivity contribution < 1.29 is 14.6 Å². The third-order valence-corrected chi connectivity index (χ3v) is 2.58. The van der Waals surface area contributed by atoms with Crippen molar-refractivity contribution in [2.45, 2.75) is 32.1 Å². The van der Waals surface area contributed by atoms with Gasteiger partial charge in [0.15, 0.2) is 0 Å². The normalized spacial score (nSPS) is 17.8. The van der Waals surface area contributed by atoms with E-state index in [2.05, 4.69) is 10.1 Å². The summed E-state index contributed by atoms with van der Waals surface area (Å²) in [5, 5.41) is 11.1. The molecule has 2 N–H and O–H groups in total. The van der Waals surface area contributed by atoms with Crippen molar-refractivity contribution in [3.63, 3.8) is 0 Å². The smallest absolute Gasteiger partial charge is 0.407 e. The quantitative estimate of drug-likeness (QED) is 0.720. The van der Waals surface area contributed by atoms with Crippen molar-refractivity contribution in [1.82, 2.24) is 5.32 Å². The summed E-state index contributed by atoms with van der Waals surface area (Å²) in [6.07, 6.45) is 5.88. The number of aliphatic hydroxyl groups excluding tert-OH is 1. The summed E-state index contributed by atoms with van der Waals surface area (Å²) in [6.45, 7) is 0.678. The van der Waals surface area contributed by atoms with Gasteiger partial charge in [0.2, 0.25) is 0 Å². The van der Waals surface area contributed by atoms with Crippen molar-refractivity contribution >= 4 is 6.09 Å². The molecule has 0 aromatic rings. The maximum absolute atomic E-state index is 11.0. The van der Waals surface area contributed by atoms with E-state index in [1.165, 1.54) is 32.1 Å². The number of hydrogen-bond donors (Lipinski definition) is 2. The number of alkyl carbamates (subject to hydrolysis) is 1. The number of carbonyl (C=O) groups is 1. The molecule has 4 nitrogen and oxygen atoms in total. The largest absolute Gasteiger partial charge is 0.447 e. The Balaban J connectivity index is 2.03. The van der Waals surface area contributed by atoms with Crippen LogP contribution in [0, 0.1) is 5.92 Å². The van der Waals surface area contributed by atoms with E-state index < -0.39 is 6.09 Å². The fourth-order valence-corrected chi connectivity index (χ4v) is 1.81. The number of hydrogen-bond acceptors (Lipinski definition) is 3. The minimum absolute atomic E-state index is 0.0799. The van der Waals surface area contributed by atoms with Crippen LogP contribution in [0.2, 0.25) is 0 Å². The summed E-state index contributed by atoms with van der Waals surface area (Å²) in [4.78, 5) is 11.0. The van der Waals surface area contributed by atoms with Crippen molar-refractivity contribution in [1.29, 1.82) is 0 Å². The molecule has 82 valence electrons. The summed E-state index contributed by atoms with van der Waals surface area (Å²) < 4.78 is 4.68. The van der Waals surface area contributed by atoms with Crippen LogP contribution in [0.15, 0.2) is 0 Å². The predicted octanol–water partition coefficient (Wildman–Crippen LogP) is 1.29. The summed E-state index contributed by atoms with van der Waals surface area (Å²) in [5.74, 6) is 0.616. The van der Waals surface area contributed by atoms with Gasteiger partial charge in [0, 0.05) is 6.54 Å². The highest BCUT2D eigenvalue weighted by atomic mass is 16.6. The maximum Gasteiger partial charge on any atom is 0.407 e. The molecule has 1 aliphatic rings. The summed E-state index contributed by atoms with van der Waals surface area (Å²) in [7, 11) is 0. The molecule has 1 fully saturated rings. The lowest BCUT2D eigenvalue weighted by Crippen LogP contribution is -2.31.